The smallest absolute Gasteiger partial charge is 0.143 e. The molecule has 0 amide bonds. The van der Waals surface area contributed by atoms with Crippen molar-refractivity contribution in [2.75, 3.05) is 5.01 Å². The Bertz CT molecular complexity index is 711. The van der Waals surface area contributed by atoms with E-state index < -0.39 is 0 Å². The van der Waals surface area contributed by atoms with E-state index in [4.69, 9.17) is 0 Å². The Labute approximate surface area is 144 Å². The third-order valence-corrected chi connectivity index (χ3v) is 4.92. The Morgan fingerprint density at radius 3 is 2.62 bits per heavy atom. The van der Waals surface area contributed by atoms with Crippen LogP contribution in [0, 0.1) is 6.92 Å². The van der Waals surface area contributed by atoms with Gasteiger partial charge in [0, 0.05) is 6.54 Å². The molecule has 0 heterocycles. The maximum absolute atomic E-state index is 11.4. The maximum Gasteiger partial charge on any atom is 0.143 e. The number of anilines is 1. The Morgan fingerprint density at radius 1 is 1.12 bits per heavy atom. The molecule has 126 valence electrons. The third-order valence-electron chi connectivity index (χ3n) is 4.92. The summed E-state index contributed by atoms with van der Waals surface area (Å²) in [4.78, 5) is 11.4. The largest absolute Gasteiger partial charge is 0.301 e. The lowest BCUT2D eigenvalue weighted by Crippen LogP contribution is -2.45. The number of carbonyl (C=O) groups is 1. The summed E-state index contributed by atoms with van der Waals surface area (Å²) in [5.74, 6) is 0. The zero-order valence-electron chi connectivity index (χ0n) is 14.6. The van der Waals surface area contributed by atoms with Crippen LogP contribution in [0.4, 0.5) is 5.69 Å². The van der Waals surface area contributed by atoms with Gasteiger partial charge in [-0.3, -0.25) is 5.01 Å². The molecule has 0 aromatic heterocycles. The molecule has 1 aliphatic carbocycles. The second-order valence-corrected chi connectivity index (χ2v) is 6.67. The summed E-state index contributed by atoms with van der Waals surface area (Å²) < 4.78 is 0. The lowest BCUT2D eigenvalue weighted by atomic mass is 9.91. The van der Waals surface area contributed by atoms with Crippen LogP contribution in [-0.2, 0) is 24.2 Å². The van der Waals surface area contributed by atoms with Crippen LogP contribution in [0.25, 0.3) is 0 Å². The van der Waals surface area contributed by atoms with Gasteiger partial charge in [0.1, 0.15) is 6.29 Å². The Morgan fingerprint density at radius 2 is 1.88 bits per heavy atom. The fourth-order valence-electron chi connectivity index (χ4n) is 3.38. The van der Waals surface area contributed by atoms with E-state index in [0.717, 1.165) is 18.4 Å². The molecule has 3 heteroatoms. The van der Waals surface area contributed by atoms with Crippen LogP contribution in [0.15, 0.2) is 42.5 Å². The molecule has 3 rings (SSSR count). The molecule has 1 N–H and O–H groups in total. The van der Waals surface area contributed by atoms with Crippen molar-refractivity contribution in [3.8, 4) is 0 Å². The minimum Gasteiger partial charge on any atom is -0.301 e. The highest BCUT2D eigenvalue weighted by Gasteiger charge is 2.17. The second kappa shape index (κ2) is 7.63. The van der Waals surface area contributed by atoms with Gasteiger partial charge >= 0.3 is 0 Å². The van der Waals surface area contributed by atoms with Crippen molar-refractivity contribution in [1.82, 2.24) is 5.43 Å². The molecule has 1 aliphatic rings. The summed E-state index contributed by atoms with van der Waals surface area (Å²) >= 11 is 0. The first-order valence-electron chi connectivity index (χ1n) is 8.83. The van der Waals surface area contributed by atoms with Crippen molar-refractivity contribution >= 4 is 12.0 Å². The summed E-state index contributed by atoms with van der Waals surface area (Å²) in [6.07, 6.45) is 5.85. The predicted molar refractivity (Wildman–Crippen MR) is 99.1 cm³/mol. The molecule has 1 atom stereocenters. The third kappa shape index (κ3) is 3.68. The van der Waals surface area contributed by atoms with Crippen molar-refractivity contribution in [3.05, 3.63) is 64.7 Å². The highest BCUT2D eigenvalue weighted by Crippen LogP contribution is 2.26. The summed E-state index contributed by atoms with van der Waals surface area (Å²) in [7, 11) is 0. The lowest BCUT2D eigenvalue weighted by molar-refractivity contribution is -0.108. The Balaban J connectivity index is 1.81. The molecule has 0 unspecified atom stereocenters. The number of carbonyl (C=O) groups excluding carboxylic acids is 1. The van der Waals surface area contributed by atoms with E-state index in [1.54, 1.807) is 0 Å². The second-order valence-electron chi connectivity index (χ2n) is 6.67. The molecule has 24 heavy (non-hydrogen) atoms. The van der Waals surface area contributed by atoms with Crippen LogP contribution in [0.5, 0.6) is 0 Å². The van der Waals surface area contributed by atoms with Crippen LogP contribution >= 0.6 is 0 Å². The van der Waals surface area contributed by atoms with Crippen LogP contribution in [-0.4, -0.2) is 12.3 Å². The van der Waals surface area contributed by atoms with Crippen molar-refractivity contribution in [2.45, 2.75) is 52.1 Å². The van der Waals surface area contributed by atoms with E-state index in [0.29, 0.717) is 6.54 Å². The molecule has 0 radical (unpaired) electrons. The number of hydrogen-bond acceptors (Lipinski definition) is 3. The van der Waals surface area contributed by atoms with Gasteiger partial charge in [-0.2, -0.15) is 0 Å². The minimum absolute atomic E-state index is 0.212. The molecule has 0 saturated heterocycles. The molecule has 0 bridgehead atoms. The fraction of sp³-hybridized carbons (Fsp3) is 0.381. The summed E-state index contributed by atoms with van der Waals surface area (Å²) in [5, 5.41) is 1.99. The van der Waals surface area contributed by atoms with E-state index in [9.17, 15) is 4.79 Å². The highest BCUT2D eigenvalue weighted by molar-refractivity contribution is 5.65. The van der Waals surface area contributed by atoms with Crippen LogP contribution in [0.3, 0.4) is 0 Å². The number of aldehydes is 1. The molecule has 2 aromatic rings. The van der Waals surface area contributed by atoms with Crippen molar-refractivity contribution in [3.63, 3.8) is 0 Å². The first kappa shape index (κ1) is 16.7. The molecule has 0 fully saturated rings. The number of rotatable bonds is 6. The van der Waals surface area contributed by atoms with Crippen LogP contribution in [0.1, 0.15) is 42.0 Å². The van der Waals surface area contributed by atoms with Gasteiger partial charge in [0.05, 0.1) is 11.7 Å². The fourth-order valence-corrected chi connectivity index (χ4v) is 3.38. The van der Waals surface area contributed by atoms with Gasteiger partial charge in [0.2, 0.25) is 0 Å². The molecule has 3 nitrogen and oxygen atoms in total. The van der Waals surface area contributed by atoms with Crippen molar-refractivity contribution < 1.29 is 4.79 Å². The standard InChI is InChI=1S/C21H26N2O/c1-16-7-3-4-10-20(16)14-22-23(17(2)15-24)21-12-11-18-8-5-6-9-19(18)13-21/h3-4,7,10-13,15,17,22H,5-6,8-9,14H2,1-2H3/t17-/m0/s1. The number of fused-ring (bicyclic) bond motifs is 1. The maximum atomic E-state index is 11.4. The van der Waals surface area contributed by atoms with E-state index in [-0.39, 0.29) is 6.04 Å². The molecule has 2 aromatic carbocycles. The normalized spacial score (nSPS) is 14.8. The molecule has 0 spiro atoms. The Kier molecular flexibility index (Phi) is 5.31. The number of nitrogens with one attached hydrogen (secondary N) is 1. The first-order chi connectivity index (χ1) is 11.7. The Hall–Kier alpha value is -2.13. The quantitative estimate of drug-likeness (QED) is 0.645. The van der Waals surface area contributed by atoms with Crippen molar-refractivity contribution in [2.24, 2.45) is 0 Å². The van der Waals surface area contributed by atoms with Gasteiger partial charge in [-0.15, -0.1) is 0 Å². The first-order valence-corrected chi connectivity index (χ1v) is 8.83. The number of hydrogen-bond donors (Lipinski definition) is 1. The highest BCUT2D eigenvalue weighted by atomic mass is 16.1. The number of aryl methyl sites for hydroxylation is 3. The number of hydrazine groups is 1. The molecular weight excluding hydrogens is 296 g/mol. The van der Waals surface area contributed by atoms with E-state index >= 15 is 0 Å². The summed E-state index contributed by atoms with van der Waals surface area (Å²) in [6, 6.07) is 14.7. The molecular formula is C21H26N2O. The average Bonchev–Trinajstić information content (AvgIpc) is 2.63. The van der Waals surface area contributed by atoms with Crippen LogP contribution < -0.4 is 10.4 Å². The minimum atomic E-state index is -0.212. The molecule has 0 saturated carbocycles. The van der Waals surface area contributed by atoms with Gasteiger partial charge in [-0.1, -0.05) is 30.3 Å². The monoisotopic (exact) mass is 322 g/mol. The number of benzene rings is 2. The van der Waals surface area contributed by atoms with Gasteiger partial charge in [0.15, 0.2) is 0 Å². The van der Waals surface area contributed by atoms with Crippen LogP contribution in [0.2, 0.25) is 0 Å². The van der Waals surface area contributed by atoms with Gasteiger partial charge in [0.25, 0.3) is 0 Å². The average molecular weight is 322 g/mol. The zero-order chi connectivity index (χ0) is 16.9. The van der Waals surface area contributed by atoms with Gasteiger partial charge < -0.3 is 4.79 Å². The van der Waals surface area contributed by atoms with E-state index in [2.05, 4.69) is 48.7 Å². The zero-order valence-corrected chi connectivity index (χ0v) is 14.6. The van der Waals surface area contributed by atoms with Gasteiger partial charge in [-0.05, 0) is 73.9 Å². The predicted octanol–water partition coefficient (Wildman–Crippen LogP) is 3.97. The lowest BCUT2D eigenvalue weighted by Gasteiger charge is -2.30. The SMILES string of the molecule is Cc1ccccc1CNN(c1ccc2c(c1)CCCC2)[C@@H](C)C=O. The number of nitrogens with zero attached hydrogens (tertiary/aromatic N) is 1. The van der Waals surface area contributed by atoms with Gasteiger partial charge in [-0.25, -0.2) is 5.43 Å². The summed E-state index contributed by atoms with van der Waals surface area (Å²) in [5.41, 5.74) is 9.92. The topological polar surface area (TPSA) is 32.3 Å². The molecule has 0 aliphatic heterocycles. The van der Waals surface area contributed by atoms with E-state index in [1.807, 2.05) is 18.0 Å². The summed E-state index contributed by atoms with van der Waals surface area (Å²) in [6.45, 7) is 4.75. The van der Waals surface area contributed by atoms with E-state index in [1.165, 1.54) is 41.5 Å². The van der Waals surface area contributed by atoms with Crippen molar-refractivity contribution in [1.29, 1.82) is 0 Å².